The molecule has 0 aliphatic carbocycles. The predicted octanol–water partition coefficient (Wildman–Crippen LogP) is 1.31. The zero-order valence-corrected chi connectivity index (χ0v) is 12.7. The highest BCUT2D eigenvalue weighted by atomic mass is 16.5. The second kappa shape index (κ2) is 5.73. The number of oxazole rings is 1. The van der Waals surface area contributed by atoms with Crippen LogP contribution in [0.4, 0.5) is 5.69 Å². The van der Waals surface area contributed by atoms with Crippen LogP contribution in [0.15, 0.2) is 27.4 Å². The van der Waals surface area contributed by atoms with Gasteiger partial charge in [0.2, 0.25) is 5.91 Å². The number of aromatic amines is 1. The number of anilines is 1. The molecule has 2 aliphatic rings. The maximum atomic E-state index is 12.6. The van der Waals surface area contributed by atoms with Crippen molar-refractivity contribution in [1.82, 2.24) is 9.88 Å². The zero-order chi connectivity index (χ0) is 15.8. The van der Waals surface area contributed by atoms with Gasteiger partial charge in [-0.05, 0) is 37.5 Å². The Kier molecular flexibility index (Phi) is 3.57. The van der Waals surface area contributed by atoms with Gasteiger partial charge in [0.15, 0.2) is 5.58 Å². The van der Waals surface area contributed by atoms with Crippen molar-refractivity contribution >= 4 is 22.7 Å². The molecule has 0 saturated carbocycles. The topological polar surface area (TPSA) is 87.6 Å². The summed E-state index contributed by atoms with van der Waals surface area (Å²) in [4.78, 5) is 28.4. The highest BCUT2D eigenvalue weighted by Gasteiger charge is 2.36. The summed E-state index contributed by atoms with van der Waals surface area (Å²) >= 11 is 0. The summed E-state index contributed by atoms with van der Waals surface area (Å²) in [7, 11) is 0. The Hall–Kier alpha value is -2.28. The number of nitrogens with one attached hydrogen (secondary N) is 2. The molecule has 2 N–H and O–H groups in total. The molecule has 3 heterocycles. The first kappa shape index (κ1) is 14.3. The van der Waals surface area contributed by atoms with Gasteiger partial charge in [-0.25, -0.2) is 4.79 Å². The van der Waals surface area contributed by atoms with Crippen molar-refractivity contribution in [1.29, 1.82) is 0 Å². The second-order valence-electron chi connectivity index (χ2n) is 6.09. The summed E-state index contributed by atoms with van der Waals surface area (Å²) in [6, 6.07) is 5.43. The number of H-pyrrole nitrogens is 1. The molecule has 7 heteroatoms. The molecule has 2 aromatic rings. The first-order chi connectivity index (χ1) is 11.2. The van der Waals surface area contributed by atoms with E-state index in [2.05, 4.69) is 10.3 Å². The summed E-state index contributed by atoms with van der Waals surface area (Å²) < 4.78 is 10.4. The summed E-state index contributed by atoms with van der Waals surface area (Å²) in [5.41, 5.74) is 1.95. The summed E-state index contributed by atoms with van der Waals surface area (Å²) in [5, 5.41) is 3.27. The lowest BCUT2D eigenvalue weighted by atomic mass is 10.1. The van der Waals surface area contributed by atoms with Crippen LogP contribution in [0, 0.1) is 0 Å². The number of hydrogen-bond donors (Lipinski definition) is 2. The van der Waals surface area contributed by atoms with E-state index < -0.39 is 5.76 Å². The van der Waals surface area contributed by atoms with E-state index >= 15 is 0 Å². The lowest BCUT2D eigenvalue weighted by Crippen LogP contribution is -2.43. The Labute approximate surface area is 132 Å². The van der Waals surface area contributed by atoms with Crippen LogP contribution in [-0.2, 0) is 9.53 Å². The van der Waals surface area contributed by atoms with Crippen molar-refractivity contribution in [2.45, 2.75) is 31.3 Å². The van der Waals surface area contributed by atoms with E-state index in [4.69, 9.17) is 9.15 Å². The molecule has 1 unspecified atom stereocenters. The standard InChI is InChI=1S/C16H19N3O4/c20-15-12(3-6-19(15)11-4-7-22-8-5-11)17-10-1-2-14-13(9-10)18-16(21)23-14/h1-2,9,11-12,17H,3-8H2,(H,18,21). The molecule has 1 aromatic carbocycles. The van der Waals surface area contributed by atoms with Gasteiger partial charge in [0.1, 0.15) is 6.04 Å². The van der Waals surface area contributed by atoms with E-state index in [1.807, 2.05) is 11.0 Å². The van der Waals surface area contributed by atoms with Crippen molar-refractivity contribution in [3.05, 3.63) is 28.7 Å². The Bertz CT molecular complexity index is 775. The van der Waals surface area contributed by atoms with Gasteiger partial charge >= 0.3 is 5.76 Å². The SMILES string of the molecule is O=C1C(Nc2ccc3oc(=O)[nH]c3c2)CCN1C1CCOCC1. The summed E-state index contributed by atoms with van der Waals surface area (Å²) in [6.07, 6.45) is 2.62. The zero-order valence-electron chi connectivity index (χ0n) is 12.7. The maximum absolute atomic E-state index is 12.6. The van der Waals surface area contributed by atoms with E-state index in [-0.39, 0.29) is 11.9 Å². The van der Waals surface area contributed by atoms with Crippen LogP contribution in [0.2, 0.25) is 0 Å². The Morgan fingerprint density at radius 3 is 2.83 bits per heavy atom. The van der Waals surface area contributed by atoms with Crippen LogP contribution < -0.4 is 11.1 Å². The number of amides is 1. The molecular formula is C16H19N3O4. The van der Waals surface area contributed by atoms with Gasteiger partial charge in [-0.3, -0.25) is 9.78 Å². The number of hydrogen-bond acceptors (Lipinski definition) is 5. The monoisotopic (exact) mass is 317 g/mol. The van der Waals surface area contributed by atoms with Crippen molar-refractivity contribution in [3.63, 3.8) is 0 Å². The normalized spacial score (nSPS) is 22.9. The van der Waals surface area contributed by atoms with Crippen LogP contribution in [0.1, 0.15) is 19.3 Å². The average molecular weight is 317 g/mol. The fourth-order valence-corrected chi connectivity index (χ4v) is 3.44. The molecule has 0 spiro atoms. The van der Waals surface area contributed by atoms with E-state index in [9.17, 15) is 9.59 Å². The molecule has 23 heavy (non-hydrogen) atoms. The largest absolute Gasteiger partial charge is 0.417 e. The van der Waals surface area contributed by atoms with Crippen molar-refractivity contribution in [3.8, 4) is 0 Å². The smallest absolute Gasteiger partial charge is 0.408 e. The van der Waals surface area contributed by atoms with E-state index in [1.165, 1.54) is 0 Å². The molecule has 2 saturated heterocycles. The van der Waals surface area contributed by atoms with Crippen LogP contribution in [0.25, 0.3) is 11.1 Å². The number of ether oxygens (including phenoxy) is 1. The molecule has 122 valence electrons. The Morgan fingerprint density at radius 2 is 2.00 bits per heavy atom. The number of aromatic nitrogens is 1. The maximum Gasteiger partial charge on any atom is 0.417 e. The third-order valence-corrected chi connectivity index (χ3v) is 4.63. The minimum absolute atomic E-state index is 0.151. The molecule has 0 bridgehead atoms. The quantitative estimate of drug-likeness (QED) is 0.891. The van der Waals surface area contributed by atoms with Gasteiger partial charge in [0, 0.05) is 31.5 Å². The van der Waals surface area contributed by atoms with Gasteiger partial charge in [-0.1, -0.05) is 0 Å². The van der Waals surface area contributed by atoms with Crippen LogP contribution >= 0.6 is 0 Å². The molecule has 7 nitrogen and oxygen atoms in total. The van der Waals surface area contributed by atoms with Gasteiger partial charge in [0.05, 0.1) is 5.52 Å². The summed E-state index contributed by atoms with van der Waals surface area (Å²) in [5.74, 6) is -0.322. The first-order valence-electron chi connectivity index (χ1n) is 7.98. The molecule has 1 atom stereocenters. The van der Waals surface area contributed by atoms with Gasteiger partial charge in [-0.15, -0.1) is 0 Å². The number of benzene rings is 1. The minimum Gasteiger partial charge on any atom is -0.408 e. The van der Waals surface area contributed by atoms with E-state index in [1.54, 1.807) is 12.1 Å². The van der Waals surface area contributed by atoms with Crippen LogP contribution in [0.3, 0.4) is 0 Å². The minimum atomic E-state index is -0.472. The van der Waals surface area contributed by atoms with Crippen molar-refractivity contribution in [2.24, 2.45) is 0 Å². The molecule has 4 rings (SSSR count). The third kappa shape index (κ3) is 2.72. The highest BCUT2D eigenvalue weighted by Crippen LogP contribution is 2.24. The lowest BCUT2D eigenvalue weighted by Gasteiger charge is -2.31. The number of carbonyl (C=O) groups excluding carboxylic acids is 1. The van der Waals surface area contributed by atoms with Gasteiger partial charge < -0.3 is 19.4 Å². The van der Waals surface area contributed by atoms with E-state index in [0.717, 1.165) is 44.7 Å². The second-order valence-corrected chi connectivity index (χ2v) is 6.09. The molecule has 0 radical (unpaired) electrons. The third-order valence-electron chi connectivity index (χ3n) is 4.63. The first-order valence-corrected chi connectivity index (χ1v) is 7.98. The fraction of sp³-hybridized carbons (Fsp3) is 0.500. The Morgan fingerprint density at radius 1 is 1.17 bits per heavy atom. The van der Waals surface area contributed by atoms with Gasteiger partial charge in [0.25, 0.3) is 0 Å². The number of rotatable bonds is 3. The highest BCUT2D eigenvalue weighted by molar-refractivity contribution is 5.88. The van der Waals surface area contributed by atoms with Gasteiger partial charge in [-0.2, -0.15) is 0 Å². The molecule has 2 fully saturated rings. The number of carbonyl (C=O) groups is 1. The molecule has 1 aromatic heterocycles. The molecule has 2 aliphatic heterocycles. The lowest BCUT2D eigenvalue weighted by molar-refractivity contribution is -0.131. The molecule has 1 amide bonds. The van der Waals surface area contributed by atoms with Crippen molar-refractivity contribution < 1.29 is 13.9 Å². The number of nitrogens with zero attached hydrogens (tertiary/aromatic N) is 1. The Balaban J connectivity index is 1.47. The number of fused-ring (bicyclic) bond motifs is 1. The fourth-order valence-electron chi connectivity index (χ4n) is 3.44. The predicted molar refractivity (Wildman–Crippen MR) is 84.4 cm³/mol. The number of likely N-dealkylation sites (tertiary alicyclic amines) is 1. The van der Waals surface area contributed by atoms with Crippen molar-refractivity contribution in [2.75, 3.05) is 25.1 Å². The van der Waals surface area contributed by atoms with Crippen LogP contribution in [0.5, 0.6) is 0 Å². The summed E-state index contributed by atoms with van der Waals surface area (Å²) in [6.45, 7) is 2.25. The van der Waals surface area contributed by atoms with E-state index in [0.29, 0.717) is 17.1 Å². The van der Waals surface area contributed by atoms with Crippen LogP contribution in [-0.4, -0.2) is 47.6 Å². The average Bonchev–Trinajstić information content (AvgIpc) is 3.10. The molecular weight excluding hydrogens is 298 g/mol.